The maximum Gasteiger partial charge on any atom is 0.522 e. The van der Waals surface area contributed by atoms with Crippen molar-refractivity contribution < 1.29 is 52.3 Å². The van der Waals surface area contributed by atoms with Crippen LogP contribution in [0.25, 0.3) is 22.1 Å². The Bertz CT molecular complexity index is 1510. The summed E-state index contributed by atoms with van der Waals surface area (Å²) >= 11 is 0. The number of hydrogen-bond donors (Lipinski definition) is 4. The van der Waals surface area contributed by atoms with E-state index in [1.807, 2.05) is 0 Å². The van der Waals surface area contributed by atoms with Crippen LogP contribution in [-0.4, -0.2) is 56.9 Å². The number of benzene rings is 2. The zero-order valence-electron chi connectivity index (χ0n) is 19.4. The average molecular weight is 591 g/mol. The predicted molar refractivity (Wildman–Crippen MR) is 124 cm³/mol. The first-order valence-electron chi connectivity index (χ1n) is 10.2. The monoisotopic (exact) mass is 590 g/mol. The lowest BCUT2D eigenvalue weighted by Crippen LogP contribution is -2.21. The van der Waals surface area contributed by atoms with Gasteiger partial charge in [-0.25, -0.2) is 9.97 Å². The number of aryl methyl sites for hydroxylation is 4. The van der Waals surface area contributed by atoms with Gasteiger partial charge in [-0.15, -0.1) is 0 Å². The van der Waals surface area contributed by atoms with Gasteiger partial charge in [0.05, 0.1) is 22.1 Å². The molecule has 18 heteroatoms. The smallest absolute Gasteiger partial charge is 0.342 e. The van der Waals surface area contributed by atoms with Gasteiger partial charge in [0, 0.05) is 12.8 Å². The molecule has 2 aromatic heterocycles. The molecule has 10 nitrogen and oxygen atoms in total. The molecule has 0 fully saturated rings. The van der Waals surface area contributed by atoms with Crippen molar-refractivity contribution in [2.75, 3.05) is 0 Å². The molecule has 0 aliphatic carbocycles. The fourth-order valence-corrected chi connectivity index (χ4v) is 2.83. The quantitative estimate of drug-likeness (QED) is 0.152. The van der Waals surface area contributed by atoms with Gasteiger partial charge in [-0.1, -0.05) is 12.1 Å². The van der Waals surface area contributed by atoms with Gasteiger partial charge in [-0.3, -0.25) is 9.11 Å². The van der Waals surface area contributed by atoms with Gasteiger partial charge >= 0.3 is 31.3 Å². The van der Waals surface area contributed by atoms with Crippen molar-refractivity contribution in [1.82, 2.24) is 19.9 Å². The fraction of sp³-hybridized carbons (Fsp3) is 0.300. The first-order valence-corrected chi connectivity index (χ1v) is 13.0. The third-order valence-electron chi connectivity index (χ3n) is 4.56. The third-order valence-corrected chi connectivity index (χ3v) is 5.73. The van der Waals surface area contributed by atoms with Crippen LogP contribution in [0.2, 0.25) is 0 Å². The zero-order chi connectivity index (χ0) is 29.1. The lowest BCUT2D eigenvalue weighted by Gasteiger charge is -1.97. The summed E-state index contributed by atoms with van der Waals surface area (Å²) < 4.78 is 115. The largest absolute Gasteiger partial charge is 0.522 e. The molecule has 0 amide bonds. The van der Waals surface area contributed by atoms with Crippen molar-refractivity contribution >= 4 is 42.3 Å². The van der Waals surface area contributed by atoms with Gasteiger partial charge in [0.2, 0.25) is 0 Å². The Morgan fingerprint density at radius 2 is 0.974 bits per heavy atom. The second kappa shape index (κ2) is 11.3. The van der Waals surface area contributed by atoms with Gasteiger partial charge in [0.15, 0.2) is 0 Å². The maximum absolute atomic E-state index is 10.7. The van der Waals surface area contributed by atoms with Crippen LogP contribution in [0.3, 0.4) is 0 Å². The number of fused-ring (bicyclic) bond motifs is 2. The van der Waals surface area contributed by atoms with E-state index < -0.39 is 31.3 Å². The summed E-state index contributed by atoms with van der Waals surface area (Å²) in [5, 5.41) is 0. The highest BCUT2D eigenvalue weighted by Crippen LogP contribution is 2.21. The Hall–Kier alpha value is -3.22. The fourth-order valence-electron chi connectivity index (χ4n) is 2.83. The minimum Gasteiger partial charge on any atom is -0.342 e. The molecule has 4 rings (SSSR count). The standard InChI is InChI=1S/C18H18N4.2CHF3O3S/c1-11-3-5-13-15(9-11)21-17(19-13)7-8-18-20-14-6-4-12(2)10-16(14)22-18;2*2-1(3,4)8(5,6)7/h3-6,9-10H,7-8H2,1-2H3,(H,19,21)(H,20,22);2*(H,5,6,7). The number of nitrogens with zero attached hydrogens (tertiary/aromatic N) is 2. The van der Waals surface area contributed by atoms with Crippen molar-refractivity contribution in [3.05, 3.63) is 59.2 Å². The number of aromatic nitrogens is 4. The van der Waals surface area contributed by atoms with E-state index in [-0.39, 0.29) is 0 Å². The van der Waals surface area contributed by atoms with E-state index in [1.54, 1.807) is 0 Å². The number of rotatable bonds is 3. The number of halogens is 6. The minimum atomic E-state index is -5.84. The summed E-state index contributed by atoms with van der Waals surface area (Å²) in [5.41, 5.74) is -4.31. The SMILES string of the molecule is Cc1ccc2nc(CCc3nc4ccc(C)cc4[nH]3)[nH]c2c1.O=S(=O)(O)C(F)(F)F.O=S(=O)(O)C(F)(F)F. The van der Waals surface area contributed by atoms with Crippen LogP contribution in [0, 0.1) is 13.8 Å². The van der Waals surface area contributed by atoms with E-state index >= 15 is 0 Å². The molecule has 4 aromatic rings. The molecule has 0 atom stereocenters. The Kier molecular flexibility index (Phi) is 9.18. The highest BCUT2D eigenvalue weighted by Gasteiger charge is 2.45. The number of hydrogen-bond acceptors (Lipinski definition) is 6. The van der Waals surface area contributed by atoms with Crippen LogP contribution >= 0.6 is 0 Å². The van der Waals surface area contributed by atoms with Crippen LogP contribution in [0.5, 0.6) is 0 Å². The molecule has 2 heterocycles. The molecule has 4 N–H and O–H groups in total. The van der Waals surface area contributed by atoms with Gasteiger partial charge < -0.3 is 9.97 Å². The lowest BCUT2D eigenvalue weighted by atomic mass is 10.2. The van der Waals surface area contributed by atoms with Crippen molar-refractivity contribution in [2.24, 2.45) is 0 Å². The van der Waals surface area contributed by atoms with Crippen LogP contribution < -0.4 is 0 Å². The summed E-state index contributed by atoms with van der Waals surface area (Å²) in [7, 11) is -11.7. The Morgan fingerprint density at radius 3 is 1.24 bits per heavy atom. The molecule has 0 bridgehead atoms. The zero-order valence-corrected chi connectivity index (χ0v) is 21.0. The number of nitrogens with one attached hydrogen (secondary N) is 2. The Labute approximate surface area is 211 Å². The molecule has 0 aliphatic heterocycles. The van der Waals surface area contributed by atoms with Crippen LogP contribution in [0.4, 0.5) is 26.3 Å². The number of H-pyrrole nitrogens is 2. The summed E-state index contributed by atoms with van der Waals surface area (Å²) in [4.78, 5) is 16.1. The normalized spacial score (nSPS) is 12.6. The summed E-state index contributed by atoms with van der Waals surface area (Å²) in [6.07, 6.45) is 1.71. The topological polar surface area (TPSA) is 166 Å². The molecular formula is C20H20F6N4O6S2. The van der Waals surface area contributed by atoms with E-state index in [1.165, 1.54) is 11.1 Å². The summed E-state index contributed by atoms with van der Waals surface area (Å²) in [6, 6.07) is 12.6. The first-order chi connectivity index (χ1) is 17.2. The van der Waals surface area contributed by atoms with Gasteiger partial charge in [-0.2, -0.15) is 43.2 Å². The van der Waals surface area contributed by atoms with E-state index in [4.69, 9.17) is 25.9 Å². The van der Waals surface area contributed by atoms with Crippen molar-refractivity contribution in [1.29, 1.82) is 0 Å². The second-order valence-corrected chi connectivity index (χ2v) is 10.6. The number of imidazole rings is 2. The molecule has 2 aromatic carbocycles. The van der Waals surface area contributed by atoms with E-state index in [2.05, 4.69) is 70.2 Å². The van der Waals surface area contributed by atoms with E-state index in [0.29, 0.717) is 0 Å². The van der Waals surface area contributed by atoms with Gasteiger partial charge in [0.1, 0.15) is 11.6 Å². The van der Waals surface area contributed by atoms with E-state index in [9.17, 15) is 26.3 Å². The number of alkyl halides is 6. The third kappa shape index (κ3) is 8.67. The lowest BCUT2D eigenvalue weighted by molar-refractivity contribution is -0.0514. The molecule has 210 valence electrons. The van der Waals surface area contributed by atoms with Gasteiger partial charge in [0.25, 0.3) is 0 Å². The molecule has 38 heavy (non-hydrogen) atoms. The van der Waals surface area contributed by atoms with Crippen LogP contribution in [-0.2, 0) is 33.1 Å². The molecule has 0 radical (unpaired) electrons. The average Bonchev–Trinajstić information content (AvgIpc) is 3.32. The molecule has 0 spiro atoms. The van der Waals surface area contributed by atoms with E-state index in [0.717, 1.165) is 46.6 Å². The van der Waals surface area contributed by atoms with Crippen LogP contribution in [0.1, 0.15) is 22.8 Å². The first kappa shape index (κ1) is 31.0. The predicted octanol–water partition coefficient (Wildman–Crippen LogP) is 4.63. The van der Waals surface area contributed by atoms with Crippen LogP contribution in [0.15, 0.2) is 36.4 Å². The minimum absolute atomic E-state index is 0.854. The molecule has 0 aliphatic rings. The maximum atomic E-state index is 10.7. The van der Waals surface area contributed by atoms with Crippen molar-refractivity contribution in [3.8, 4) is 0 Å². The molecular weight excluding hydrogens is 570 g/mol. The Morgan fingerprint density at radius 1 is 0.684 bits per heavy atom. The van der Waals surface area contributed by atoms with Crippen molar-refractivity contribution in [3.63, 3.8) is 0 Å². The summed E-state index contributed by atoms with van der Waals surface area (Å²) in [6.45, 7) is 4.19. The number of aromatic amines is 2. The van der Waals surface area contributed by atoms with Crippen molar-refractivity contribution in [2.45, 2.75) is 37.7 Å². The molecule has 0 saturated heterocycles. The highest BCUT2D eigenvalue weighted by molar-refractivity contribution is 7.86. The van der Waals surface area contributed by atoms with Gasteiger partial charge in [-0.05, 0) is 49.2 Å². The highest BCUT2D eigenvalue weighted by atomic mass is 32.2. The second-order valence-electron chi connectivity index (χ2n) is 7.75. The molecule has 0 saturated carbocycles. The Balaban J connectivity index is 0.000000264. The molecule has 0 unspecified atom stereocenters. The summed E-state index contributed by atoms with van der Waals surface area (Å²) in [5.74, 6) is 2.02.